The predicted octanol–water partition coefficient (Wildman–Crippen LogP) is 5.25. The van der Waals surface area contributed by atoms with Crippen molar-refractivity contribution in [3.8, 4) is 17.6 Å². The quantitative estimate of drug-likeness (QED) is 0.226. The molecule has 1 aromatic carbocycles. The molecule has 0 radical (unpaired) electrons. The number of halogens is 4. The van der Waals surface area contributed by atoms with Crippen molar-refractivity contribution in [1.29, 1.82) is 0 Å². The number of aliphatic carboxylic acids is 1. The van der Waals surface area contributed by atoms with Crippen molar-refractivity contribution in [2.24, 2.45) is 0 Å². The topological polar surface area (TPSA) is 148 Å². The summed E-state index contributed by atoms with van der Waals surface area (Å²) in [5.74, 6) is 4.99. The number of hydrogen-bond acceptors (Lipinski definition) is 11. The first-order chi connectivity index (χ1) is 23.0. The lowest BCUT2D eigenvalue weighted by molar-refractivity contribution is -0.192. The Balaban J connectivity index is 0.000000582. The van der Waals surface area contributed by atoms with E-state index in [2.05, 4.69) is 37.4 Å². The summed E-state index contributed by atoms with van der Waals surface area (Å²) in [6.07, 6.45) is -1.68. The summed E-state index contributed by atoms with van der Waals surface area (Å²) < 4.78 is 48.5. The predicted molar refractivity (Wildman–Crippen MR) is 170 cm³/mol. The minimum absolute atomic E-state index is 0.0630. The number of ether oxygens (including phenoxy) is 3. The van der Waals surface area contributed by atoms with Crippen molar-refractivity contribution in [2.75, 3.05) is 38.2 Å². The molecule has 3 N–H and O–H groups in total. The van der Waals surface area contributed by atoms with E-state index in [1.54, 1.807) is 17.2 Å². The Kier molecular flexibility index (Phi) is 11.5. The van der Waals surface area contributed by atoms with Crippen LogP contribution in [0.2, 0.25) is 5.02 Å². The molecular formula is C31H28ClF3N6O6S. The molecule has 0 unspecified atom stereocenters. The Bertz CT molecular complexity index is 1800. The van der Waals surface area contributed by atoms with Crippen molar-refractivity contribution in [1.82, 2.24) is 25.2 Å². The van der Waals surface area contributed by atoms with Gasteiger partial charge in [-0.05, 0) is 36.4 Å². The zero-order valence-electron chi connectivity index (χ0n) is 25.0. The van der Waals surface area contributed by atoms with Gasteiger partial charge >= 0.3 is 18.2 Å². The molecule has 0 spiro atoms. The third kappa shape index (κ3) is 9.67. The number of benzene rings is 1. The fourth-order valence-corrected chi connectivity index (χ4v) is 5.60. The number of amides is 1. The fourth-order valence-electron chi connectivity index (χ4n) is 4.51. The summed E-state index contributed by atoms with van der Waals surface area (Å²) in [6.45, 7) is 3.13. The van der Waals surface area contributed by atoms with E-state index in [4.69, 9.17) is 35.7 Å². The maximum absolute atomic E-state index is 12.4. The van der Waals surface area contributed by atoms with Gasteiger partial charge < -0.3 is 29.5 Å². The van der Waals surface area contributed by atoms with E-state index in [1.807, 2.05) is 36.4 Å². The van der Waals surface area contributed by atoms with E-state index in [-0.39, 0.29) is 18.2 Å². The van der Waals surface area contributed by atoms with Crippen LogP contribution in [0.15, 0.2) is 55.0 Å². The Labute approximate surface area is 281 Å². The summed E-state index contributed by atoms with van der Waals surface area (Å²) in [7, 11) is 0. The molecule has 0 aliphatic carbocycles. The lowest BCUT2D eigenvalue weighted by atomic mass is 10.2. The van der Waals surface area contributed by atoms with Crippen LogP contribution < -0.4 is 15.4 Å². The first-order valence-electron chi connectivity index (χ1n) is 14.5. The molecular weight excluding hydrogens is 677 g/mol. The smallest absolute Gasteiger partial charge is 0.486 e. The number of thiophene rings is 1. The second-order valence-electron chi connectivity index (χ2n) is 10.3. The van der Waals surface area contributed by atoms with Gasteiger partial charge in [0, 0.05) is 37.9 Å². The maximum atomic E-state index is 12.4. The molecule has 17 heteroatoms. The first-order valence-corrected chi connectivity index (χ1v) is 15.7. The molecule has 5 heterocycles. The van der Waals surface area contributed by atoms with Gasteiger partial charge in [0.1, 0.15) is 35.4 Å². The third-order valence-electron chi connectivity index (χ3n) is 6.87. The summed E-state index contributed by atoms with van der Waals surface area (Å²) >= 11 is 7.99. The molecule has 252 valence electrons. The highest BCUT2D eigenvalue weighted by Crippen LogP contribution is 2.33. The van der Waals surface area contributed by atoms with Gasteiger partial charge in [-0.15, -0.1) is 11.3 Å². The third-order valence-corrected chi connectivity index (χ3v) is 8.12. The number of carbonyl (C=O) groups is 2. The normalized spacial score (nSPS) is 17.5. The number of nitrogens with one attached hydrogen (secondary N) is 2. The van der Waals surface area contributed by atoms with Crippen molar-refractivity contribution < 1.29 is 42.1 Å². The molecule has 6 rings (SSSR count). The maximum Gasteiger partial charge on any atom is 0.490 e. The Morgan fingerprint density at radius 1 is 1.17 bits per heavy atom. The van der Waals surface area contributed by atoms with Gasteiger partial charge in [-0.3, -0.25) is 10.3 Å². The zero-order valence-corrected chi connectivity index (χ0v) is 26.6. The molecule has 2 fully saturated rings. The first kappa shape index (κ1) is 34.6. The van der Waals surface area contributed by atoms with E-state index in [0.717, 1.165) is 26.5 Å². The summed E-state index contributed by atoms with van der Waals surface area (Å²) in [5.41, 5.74) is 1.59. The minimum atomic E-state index is -5.08. The summed E-state index contributed by atoms with van der Waals surface area (Å²) in [6, 6.07) is 13.1. The van der Waals surface area contributed by atoms with Gasteiger partial charge in [0.05, 0.1) is 40.2 Å². The number of rotatable bonds is 6. The van der Waals surface area contributed by atoms with Gasteiger partial charge in [0.25, 0.3) is 0 Å². The van der Waals surface area contributed by atoms with Crippen LogP contribution in [-0.4, -0.2) is 88.2 Å². The van der Waals surface area contributed by atoms with Crippen LogP contribution in [0.5, 0.6) is 5.75 Å². The number of fused-ring (bicyclic) bond motifs is 1. The molecule has 0 saturated carbocycles. The van der Waals surface area contributed by atoms with Gasteiger partial charge in [0.15, 0.2) is 0 Å². The standard InChI is InChI=1S/C29H27ClN6O4S.C2HF3O2/c30-25-14-20(5-7-26(25)39-17-21-3-1-2-8-31-21)35-27-24-15-23(41-28(24)34-18-33-27)6-4-19-13-22(16-32-19)40-29(37)36-9-11-38-12-10-36;3-2(4,5)1(6)7/h1-3,5,7-8,14-15,18-19,22,32H,9-13,16-17H2,(H,33,34,35);(H,6,7)/t19-,22-;/m1./s1. The second-order valence-corrected chi connectivity index (χ2v) is 11.7. The van der Waals surface area contributed by atoms with Crippen LogP contribution in [0.25, 0.3) is 10.2 Å². The highest BCUT2D eigenvalue weighted by atomic mass is 35.5. The number of anilines is 2. The average Bonchev–Trinajstić information content (AvgIpc) is 3.71. The van der Waals surface area contributed by atoms with Gasteiger partial charge in [0.2, 0.25) is 0 Å². The Morgan fingerprint density at radius 2 is 1.96 bits per heavy atom. The van der Waals surface area contributed by atoms with Crippen LogP contribution in [0, 0.1) is 11.8 Å². The Morgan fingerprint density at radius 3 is 2.67 bits per heavy atom. The molecule has 2 atom stereocenters. The number of hydrogen-bond donors (Lipinski definition) is 3. The van der Waals surface area contributed by atoms with Gasteiger partial charge in [-0.25, -0.2) is 19.6 Å². The monoisotopic (exact) mass is 704 g/mol. The zero-order chi connectivity index (χ0) is 34.1. The lowest BCUT2D eigenvalue weighted by Gasteiger charge is -2.27. The molecule has 12 nitrogen and oxygen atoms in total. The Hall–Kier alpha value is -4.69. The average molecular weight is 705 g/mol. The van der Waals surface area contributed by atoms with Gasteiger partial charge in [-0.1, -0.05) is 29.5 Å². The molecule has 0 bridgehead atoms. The molecule has 1 amide bonds. The highest BCUT2D eigenvalue weighted by molar-refractivity contribution is 7.19. The molecule has 2 aliphatic rings. The number of carboxylic acids is 1. The largest absolute Gasteiger partial charge is 0.490 e. The van der Waals surface area contributed by atoms with Crippen molar-refractivity contribution in [3.63, 3.8) is 0 Å². The van der Waals surface area contributed by atoms with Crippen molar-refractivity contribution in [3.05, 3.63) is 70.6 Å². The van der Waals surface area contributed by atoms with E-state index < -0.39 is 12.1 Å². The number of aromatic nitrogens is 3. The van der Waals surface area contributed by atoms with E-state index in [9.17, 15) is 18.0 Å². The highest BCUT2D eigenvalue weighted by Gasteiger charge is 2.38. The van der Waals surface area contributed by atoms with Gasteiger partial charge in [-0.2, -0.15) is 13.2 Å². The summed E-state index contributed by atoms with van der Waals surface area (Å²) in [5, 5.41) is 15.1. The van der Waals surface area contributed by atoms with Crippen LogP contribution in [0.3, 0.4) is 0 Å². The SMILES string of the molecule is O=C(O)C(F)(F)F.O=C(O[C@H]1CN[C@H](C#Cc2cc3c(Nc4ccc(OCc5ccccn5)c(Cl)c4)ncnc3s2)C1)N1CCOCC1. The number of pyridine rings is 1. The minimum Gasteiger partial charge on any atom is -0.486 e. The van der Waals surface area contributed by atoms with Crippen molar-refractivity contribution in [2.45, 2.75) is 31.3 Å². The number of carboxylic acid groups (broad SMARTS) is 1. The molecule has 3 aromatic heterocycles. The number of nitrogens with zero attached hydrogens (tertiary/aromatic N) is 4. The van der Waals surface area contributed by atoms with E-state index >= 15 is 0 Å². The van der Waals surface area contributed by atoms with E-state index in [1.165, 1.54) is 17.7 Å². The van der Waals surface area contributed by atoms with Crippen LogP contribution in [0.1, 0.15) is 17.0 Å². The number of morpholine rings is 1. The summed E-state index contributed by atoms with van der Waals surface area (Å²) in [4.78, 5) is 37.8. The fraction of sp³-hybridized carbons (Fsp3) is 0.323. The van der Waals surface area contributed by atoms with Crippen LogP contribution in [-0.2, 0) is 20.9 Å². The lowest BCUT2D eigenvalue weighted by Crippen LogP contribution is -2.42. The molecule has 4 aromatic rings. The number of alkyl halides is 3. The van der Waals surface area contributed by atoms with Crippen LogP contribution >= 0.6 is 22.9 Å². The second kappa shape index (κ2) is 15.9. The van der Waals surface area contributed by atoms with Crippen molar-refractivity contribution >= 4 is 56.7 Å². The number of carbonyl (C=O) groups excluding carboxylic acids is 1. The molecule has 48 heavy (non-hydrogen) atoms. The molecule has 2 saturated heterocycles. The van der Waals surface area contributed by atoms with Crippen LogP contribution in [0.4, 0.5) is 29.5 Å². The molecule has 2 aliphatic heterocycles. The van der Waals surface area contributed by atoms with E-state index in [0.29, 0.717) is 62.5 Å².